The zero-order chi connectivity index (χ0) is 21.6. The lowest BCUT2D eigenvalue weighted by Gasteiger charge is -2.30. The van der Waals surface area contributed by atoms with Crippen molar-refractivity contribution in [2.45, 2.75) is 59.4 Å². The zero-order valence-electron chi connectivity index (χ0n) is 18.0. The van der Waals surface area contributed by atoms with Crippen LogP contribution in [0.1, 0.15) is 49.8 Å². The molecule has 0 heterocycles. The van der Waals surface area contributed by atoms with Gasteiger partial charge in [-0.3, -0.25) is 9.10 Å². The molecule has 0 aliphatic rings. The third kappa shape index (κ3) is 6.07. The predicted molar refractivity (Wildman–Crippen MR) is 121 cm³/mol. The smallest absolute Gasteiger partial charge is 0.248 e. The van der Waals surface area contributed by atoms with E-state index in [1.807, 2.05) is 57.2 Å². The molecule has 0 spiro atoms. The highest BCUT2D eigenvalue weighted by Gasteiger charge is 2.31. The van der Waals surface area contributed by atoms with Crippen LogP contribution in [0.5, 0.6) is 0 Å². The van der Waals surface area contributed by atoms with Crippen LogP contribution in [0.3, 0.4) is 0 Å². The van der Waals surface area contributed by atoms with Crippen LogP contribution in [0.4, 0.5) is 11.4 Å². The average molecular weight is 417 g/mol. The molecule has 29 heavy (non-hydrogen) atoms. The van der Waals surface area contributed by atoms with Gasteiger partial charge in [-0.1, -0.05) is 38.5 Å². The highest BCUT2D eigenvalue weighted by atomic mass is 32.2. The van der Waals surface area contributed by atoms with Crippen LogP contribution in [-0.2, 0) is 21.2 Å². The summed E-state index contributed by atoms with van der Waals surface area (Å²) >= 11 is 0. The lowest BCUT2D eigenvalue weighted by Crippen LogP contribution is -2.47. The molecule has 1 unspecified atom stereocenters. The maximum Gasteiger partial charge on any atom is 0.248 e. The molecule has 0 radical (unpaired) electrons. The van der Waals surface area contributed by atoms with Crippen molar-refractivity contribution in [1.29, 1.82) is 0 Å². The molecule has 0 fully saturated rings. The van der Waals surface area contributed by atoms with Crippen LogP contribution in [0.2, 0.25) is 0 Å². The van der Waals surface area contributed by atoms with Gasteiger partial charge >= 0.3 is 0 Å². The van der Waals surface area contributed by atoms with Gasteiger partial charge in [0, 0.05) is 5.69 Å². The van der Waals surface area contributed by atoms with Crippen molar-refractivity contribution in [2.75, 3.05) is 15.9 Å². The largest absolute Gasteiger partial charge is 0.324 e. The van der Waals surface area contributed by atoms with Gasteiger partial charge < -0.3 is 5.32 Å². The van der Waals surface area contributed by atoms with E-state index in [1.54, 1.807) is 6.07 Å². The number of hydrogen-bond acceptors (Lipinski definition) is 3. The topological polar surface area (TPSA) is 66.5 Å². The molecule has 2 aromatic carbocycles. The number of anilines is 2. The minimum atomic E-state index is -3.64. The molecular weight excluding hydrogens is 384 g/mol. The summed E-state index contributed by atoms with van der Waals surface area (Å²) in [7, 11) is -3.64. The van der Waals surface area contributed by atoms with Gasteiger partial charge in [0.25, 0.3) is 0 Å². The Hall–Kier alpha value is -2.34. The molecule has 0 bridgehead atoms. The first-order valence-electron chi connectivity index (χ1n) is 10.1. The first-order valence-corrected chi connectivity index (χ1v) is 12.0. The number of carbonyl (C=O) groups is 1. The summed E-state index contributed by atoms with van der Waals surface area (Å²) in [5.41, 5.74) is 4.46. The van der Waals surface area contributed by atoms with Gasteiger partial charge in [0.1, 0.15) is 6.04 Å². The van der Waals surface area contributed by atoms with Crippen molar-refractivity contribution in [3.05, 3.63) is 59.2 Å². The van der Waals surface area contributed by atoms with Crippen LogP contribution in [0, 0.1) is 13.8 Å². The number of amides is 1. The minimum absolute atomic E-state index is 0.336. The maximum atomic E-state index is 13.0. The second-order valence-electron chi connectivity index (χ2n) is 7.54. The van der Waals surface area contributed by atoms with E-state index in [4.69, 9.17) is 0 Å². The number of rotatable bonds is 9. The van der Waals surface area contributed by atoms with Gasteiger partial charge in [-0.05, 0) is 74.1 Å². The lowest BCUT2D eigenvalue weighted by atomic mass is 10.1. The molecule has 1 N–H and O–H groups in total. The van der Waals surface area contributed by atoms with Crippen molar-refractivity contribution >= 4 is 27.3 Å². The highest BCUT2D eigenvalue weighted by Crippen LogP contribution is 2.25. The van der Waals surface area contributed by atoms with Crippen molar-refractivity contribution in [3.8, 4) is 0 Å². The Balaban J connectivity index is 2.27. The SMILES string of the molecule is CCCCc1ccc(NC(=O)C(CC)N(c2ccc(C)c(C)c2)S(C)(=O)=O)cc1. The molecule has 0 aliphatic heterocycles. The minimum Gasteiger partial charge on any atom is -0.324 e. The number of unbranched alkanes of at least 4 members (excludes halogenated alkanes) is 1. The first-order chi connectivity index (χ1) is 13.7. The standard InChI is InChI=1S/C23H32N2O3S/c1-6-8-9-19-11-13-20(14-12-19)24-23(26)22(7-2)25(29(5,27)28)21-15-10-17(3)18(4)16-21/h10-16,22H,6-9H2,1-5H3,(H,24,26). The summed E-state index contributed by atoms with van der Waals surface area (Å²) in [5, 5.41) is 2.88. The molecule has 2 aromatic rings. The fourth-order valence-electron chi connectivity index (χ4n) is 3.28. The van der Waals surface area contributed by atoms with Crippen LogP contribution in [-0.4, -0.2) is 26.6 Å². The van der Waals surface area contributed by atoms with E-state index in [0.29, 0.717) is 17.8 Å². The van der Waals surface area contributed by atoms with Gasteiger partial charge in [-0.15, -0.1) is 0 Å². The molecule has 0 aliphatic carbocycles. The Morgan fingerprint density at radius 1 is 1.03 bits per heavy atom. The summed E-state index contributed by atoms with van der Waals surface area (Å²) in [6.45, 7) is 7.87. The van der Waals surface area contributed by atoms with Crippen LogP contribution in [0.25, 0.3) is 0 Å². The predicted octanol–water partition coefficient (Wildman–Crippen LogP) is 4.83. The van der Waals surface area contributed by atoms with Crippen molar-refractivity contribution in [1.82, 2.24) is 0 Å². The van der Waals surface area contributed by atoms with Gasteiger partial charge in [-0.2, -0.15) is 0 Å². The third-order valence-corrected chi connectivity index (χ3v) is 6.30. The molecule has 1 atom stereocenters. The van der Waals surface area contributed by atoms with Crippen LogP contribution in [0.15, 0.2) is 42.5 Å². The summed E-state index contributed by atoms with van der Waals surface area (Å²) in [6, 6.07) is 12.4. The van der Waals surface area contributed by atoms with Gasteiger partial charge in [0.15, 0.2) is 0 Å². The molecule has 0 saturated carbocycles. The van der Waals surface area contributed by atoms with Crippen LogP contribution < -0.4 is 9.62 Å². The fourth-order valence-corrected chi connectivity index (χ4v) is 4.49. The quantitative estimate of drug-likeness (QED) is 0.637. The number of benzene rings is 2. The number of sulfonamides is 1. The van der Waals surface area contributed by atoms with E-state index in [0.717, 1.165) is 36.6 Å². The molecule has 1 amide bonds. The first kappa shape index (κ1) is 22.9. The van der Waals surface area contributed by atoms with Crippen molar-refractivity contribution in [3.63, 3.8) is 0 Å². The number of nitrogens with one attached hydrogen (secondary N) is 1. The molecule has 5 nitrogen and oxygen atoms in total. The summed E-state index contributed by atoms with van der Waals surface area (Å²) in [6.07, 6.45) is 4.78. The molecule has 158 valence electrons. The van der Waals surface area contributed by atoms with Gasteiger partial charge in [0.05, 0.1) is 11.9 Å². The van der Waals surface area contributed by atoms with Gasteiger partial charge in [-0.25, -0.2) is 8.42 Å². The Morgan fingerprint density at radius 3 is 2.21 bits per heavy atom. The van der Waals surface area contributed by atoms with E-state index in [-0.39, 0.29) is 5.91 Å². The Kier molecular flexibility index (Phi) is 7.85. The molecule has 2 rings (SSSR count). The second-order valence-corrected chi connectivity index (χ2v) is 9.40. The normalized spacial score (nSPS) is 12.4. The monoisotopic (exact) mass is 416 g/mol. The molecule has 0 aromatic heterocycles. The van der Waals surface area contributed by atoms with E-state index < -0.39 is 16.1 Å². The number of carbonyl (C=O) groups excluding carboxylic acids is 1. The maximum absolute atomic E-state index is 13.0. The molecule has 0 saturated heterocycles. The Morgan fingerprint density at radius 2 is 1.69 bits per heavy atom. The molecule has 6 heteroatoms. The summed E-state index contributed by atoms with van der Waals surface area (Å²) in [5.74, 6) is -0.336. The zero-order valence-corrected chi connectivity index (χ0v) is 18.8. The third-order valence-electron chi connectivity index (χ3n) is 5.12. The number of aryl methyl sites for hydroxylation is 3. The second kappa shape index (κ2) is 9.92. The van der Waals surface area contributed by atoms with E-state index in [2.05, 4.69) is 12.2 Å². The van der Waals surface area contributed by atoms with E-state index in [9.17, 15) is 13.2 Å². The fraction of sp³-hybridized carbons (Fsp3) is 0.435. The van der Waals surface area contributed by atoms with Crippen molar-refractivity contribution < 1.29 is 13.2 Å². The lowest BCUT2D eigenvalue weighted by molar-refractivity contribution is -0.117. The Bertz CT molecular complexity index is 937. The summed E-state index contributed by atoms with van der Waals surface area (Å²) in [4.78, 5) is 13.0. The van der Waals surface area contributed by atoms with E-state index in [1.165, 1.54) is 9.87 Å². The Labute approximate surface area is 175 Å². The average Bonchev–Trinajstić information content (AvgIpc) is 2.66. The van der Waals surface area contributed by atoms with Crippen LogP contribution >= 0.6 is 0 Å². The number of nitrogens with zero attached hydrogens (tertiary/aromatic N) is 1. The van der Waals surface area contributed by atoms with E-state index >= 15 is 0 Å². The highest BCUT2D eigenvalue weighted by molar-refractivity contribution is 7.92. The van der Waals surface area contributed by atoms with Crippen molar-refractivity contribution in [2.24, 2.45) is 0 Å². The number of hydrogen-bond donors (Lipinski definition) is 1. The summed E-state index contributed by atoms with van der Waals surface area (Å²) < 4.78 is 26.4. The van der Waals surface area contributed by atoms with Gasteiger partial charge in [0.2, 0.25) is 15.9 Å². The molecular formula is C23H32N2O3S.